The molecule has 0 bridgehead atoms. The van der Waals surface area contributed by atoms with Crippen LogP contribution in [0.3, 0.4) is 0 Å². The van der Waals surface area contributed by atoms with Crippen LogP contribution in [0.2, 0.25) is 0 Å². The summed E-state index contributed by atoms with van der Waals surface area (Å²) >= 11 is 0. The predicted octanol–water partition coefficient (Wildman–Crippen LogP) is 0.676. The third kappa shape index (κ3) is 7.50. The maximum absolute atomic E-state index is 11.8. The highest BCUT2D eigenvalue weighted by atomic mass is 32.2. The molecule has 0 fully saturated rings. The van der Waals surface area contributed by atoms with Crippen molar-refractivity contribution in [1.29, 1.82) is 0 Å². The SMILES string of the molecule is COc1cc(NC(=O)CNS(=O)(=O)CCOC(C)C)ccc1C(=O)O. The van der Waals surface area contributed by atoms with Gasteiger partial charge in [-0.25, -0.2) is 17.9 Å². The van der Waals surface area contributed by atoms with Crippen molar-refractivity contribution < 1.29 is 32.6 Å². The molecule has 0 spiro atoms. The Morgan fingerprint density at radius 3 is 2.52 bits per heavy atom. The number of sulfonamides is 1. The van der Waals surface area contributed by atoms with Gasteiger partial charge in [0, 0.05) is 11.8 Å². The van der Waals surface area contributed by atoms with E-state index < -0.39 is 28.4 Å². The van der Waals surface area contributed by atoms with E-state index in [0.717, 1.165) is 0 Å². The number of methoxy groups -OCH3 is 1. The molecule has 25 heavy (non-hydrogen) atoms. The molecule has 0 radical (unpaired) electrons. The van der Waals surface area contributed by atoms with E-state index in [9.17, 15) is 18.0 Å². The summed E-state index contributed by atoms with van der Waals surface area (Å²) in [5.74, 6) is -1.93. The Bertz CT molecular complexity index is 717. The molecule has 0 aromatic heterocycles. The zero-order valence-electron chi connectivity index (χ0n) is 14.2. The van der Waals surface area contributed by atoms with E-state index in [1.165, 1.54) is 25.3 Å². The summed E-state index contributed by atoms with van der Waals surface area (Å²) in [6.07, 6.45) is -0.0812. The van der Waals surface area contributed by atoms with Crippen LogP contribution in [0.1, 0.15) is 24.2 Å². The first-order chi connectivity index (χ1) is 11.6. The Kier molecular flexibility index (Phi) is 7.81. The third-order valence-corrected chi connectivity index (χ3v) is 4.26. The number of rotatable bonds is 10. The number of benzene rings is 1. The minimum Gasteiger partial charge on any atom is -0.496 e. The van der Waals surface area contributed by atoms with Gasteiger partial charge in [0.1, 0.15) is 11.3 Å². The number of aromatic carboxylic acids is 1. The molecule has 0 saturated carbocycles. The Hall–Kier alpha value is -2.17. The molecule has 0 unspecified atom stereocenters. The zero-order chi connectivity index (χ0) is 19.0. The first-order valence-corrected chi connectivity index (χ1v) is 9.10. The molecule has 0 aliphatic carbocycles. The molecule has 0 aliphatic rings. The molecular formula is C15H22N2O7S. The Morgan fingerprint density at radius 1 is 1.28 bits per heavy atom. The highest BCUT2D eigenvalue weighted by Gasteiger charge is 2.15. The number of hydrogen-bond donors (Lipinski definition) is 3. The van der Waals surface area contributed by atoms with Gasteiger partial charge in [0.15, 0.2) is 0 Å². The van der Waals surface area contributed by atoms with Gasteiger partial charge < -0.3 is 19.9 Å². The van der Waals surface area contributed by atoms with Gasteiger partial charge in [0.2, 0.25) is 15.9 Å². The van der Waals surface area contributed by atoms with Crippen LogP contribution in [0.4, 0.5) is 5.69 Å². The first kappa shape index (κ1) is 20.9. The largest absolute Gasteiger partial charge is 0.496 e. The number of nitrogens with one attached hydrogen (secondary N) is 2. The number of ether oxygens (including phenoxy) is 2. The van der Waals surface area contributed by atoms with Crippen LogP contribution in [0.15, 0.2) is 18.2 Å². The van der Waals surface area contributed by atoms with E-state index in [1.807, 2.05) is 0 Å². The fourth-order valence-electron chi connectivity index (χ4n) is 1.79. The van der Waals surface area contributed by atoms with Gasteiger partial charge in [-0.3, -0.25) is 4.79 Å². The number of carboxylic acid groups (broad SMARTS) is 1. The van der Waals surface area contributed by atoms with Gasteiger partial charge >= 0.3 is 5.97 Å². The van der Waals surface area contributed by atoms with E-state index in [0.29, 0.717) is 0 Å². The molecule has 1 aromatic carbocycles. The molecule has 140 valence electrons. The van der Waals surface area contributed by atoms with Crippen molar-refractivity contribution in [3.05, 3.63) is 23.8 Å². The maximum atomic E-state index is 11.8. The van der Waals surface area contributed by atoms with Gasteiger partial charge in [-0.15, -0.1) is 0 Å². The lowest BCUT2D eigenvalue weighted by Crippen LogP contribution is -2.35. The van der Waals surface area contributed by atoms with Gasteiger partial charge in [-0.2, -0.15) is 0 Å². The van der Waals surface area contributed by atoms with Gasteiger partial charge in [-0.1, -0.05) is 0 Å². The second-order valence-corrected chi connectivity index (χ2v) is 7.25. The standard InChI is InChI=1S/C15H22N2O7S/c1-10(2)24-6-7-25(21,22)16-9-14(18)17-11-4-5-12(15(19)20)13(8-11)23-3/h4-5,8,10,16H,6-7,9H2,1-3H3,(H,17,18)(H,19,20). The quantitative estimate of drug-likeness (QED) is 0.549. The fraction of sp³-hybridized carbons (Fsp3) is 0.467. The number of carboxylic acids is 1. The average molecular weight is 374 g/mol. The van der Waals surface area contributed by atoms with Crippen molar-refractivity contribution in [2.45, 2.75) is 20.0 Å². The molecule has 1 amide bonds. The van der Waals surface area contributed by atoms with Crippen molar-refractivity contribution in [2.75, 3.05) is 31.3 Å². The molecule has 0 heterocycles. The zero-order valence-corrected chi connectivity index (χ0v) is 15.1. The van der Waals surface area contributed by atoms with Crippen LogP contribution in [0.5, 0.6) is 5.75 Å². The summed E-state index contributed by atoms with van der Waals surface area (Å²) in [7, 11) is -2.33. The molecule has 3 N–H and O–H groups in total. The van der Waals surface area contributed by atoms with Gasteiger partial charge in [0.05, 0.1) is 32.1 Å². The van der Waals surface area contributed by atoms with Crippen LogP contribution in [0, 0.1) is 0 Å². The summed E-state index contributed by atoms with van der Waals surface area (Å²) in [6, 6.07) is 4.01. The van der Waals surface area contributed by atoms with Crippen LogP contribution < -0.4 is 14.8 Å². The maximum Gasteiger partial charge on any atom is 0.339 e. The molecular weight excluding hydrogens is 352 g/mol. The van der Waals surface area contributed by atoms with Crippen LogP contribution >= 0.6 is 0 Å². The summed E-state index contributed by atoms with van der Waals surface area (Å²) < 4.78 is 35.7. The topological polar surface area (TPSA) is 131 Å². The fourth-order valence-corrected chi connectivity index (χ4v) is 2.60. The second kappa shape index (κ2) is 9.35. The first-order valence-electron chi connectivity index (χ1n) is 7.44. The highest BCUT2D eigenvalue weighted by Crippen LogP contribution is 2.23. The van der Waals surface area contributed by atoms with E-state index >= 15 is 0 Å². The molecule has 0 aliphatic heterocycles. The molecule has 9 nitrogen and oxygen atoms in total. The molecule has 1 aromatic rings. The minimum absolute atomic E-state index is 0.0302. The summed E-state index contributed by atoms with van der Waals surface area (Å²) in [5.41, 5.74) is 0.237. The van der Waals surface area contributed by atoms with E-state index in [1.54, 1.807) is 13.8 Å². The summed E-state index contributed by atoms with van der Waals surface area (Å²) in [5, 5.41) is 11.5. The molecule has 0 saturated heterocycles. The highest BCUT2D eigenvalue weighted by molar-refractivity contribution is 7.89. The van der Waals surface area contributed by atoms with E-state index in [4.69, 9.17) is 14.6 Å². The minimum atomic E-state index is -3.63. The van der Waals surface area contributed by atoms with E-state index in [-0.39, 0.29) is 35.5 Å². The number of anilines is 1. The van der Waals surface area contributed by atoms with Crippen molar-refractivity contribution in [2.24, 2.45) is 0 Å². The Labute approximate surface area is 146 Å². The predicted molar refractivity (Wildman–Crippen MR) is 91.5 cm³/mol. The summed E-state index contributed by atoms with van der Waals surface area (Å²) in [4.78, 5) is 22.8. The lowest BCUT2D eigenvalue weighted by Gasteiger charge is -2.11. The number of carbonyl (C=O) groups is 2. The van der Waals surface area contributed by atoms with Crippen LogP contribution in [-0.2, 0) is 19.6 Å². The van der Waals surface area contributed by atoms with Crippen molar-refractivity contribution in [3.8, 4) is 5.75 Å². The molecule has 10 heteroatoms. The van der Waals surface area contributed by atoms with E-state index in [2.05, 4.69) is 10.0 Å². The summed E-state index contributed by atoms with van der Waals surface area (Å²) in [6.45, 7) is 3.16. The number of amides is 1. The molecule has 1 rings (SSSR count). The monoisotopic (exact) mass is 374 g/mol. The lowest BCUT2D eigenvalue weighted by atomic mass is 10.2. The number of carbonyl (C=O) groups excluding carboxylic acids is 1. The lowest BCUT2D eigenvalue weighted by molar-refractivity contribution is -0.115. The Morgan fingerprint density at radius 2 is 1.96 bits per heavy atom. The average Bonchev–Trinajstić information content (AvgIpc) is 2.52. The van der Waals surface area contributed by atoms with Gasteiger partial charge in [0.25, 0.3) is 0 Å². The van der Waals surface area contributed by atoms with Gasteiger partial charge in [-0.05, 0) is 26.0 Å². The van der Waals surface area contributed by atoms with Crippen molar-refractivity contribution >= 4 is 27.6 Å². The second-order valence-electron chi connectivity index (χ2n) is 5.33. The Balaban J connectivity index is 2.58. The number of hydrogen-bond acceptors (Lipinski definition) is 6. The molecule has 0 atom stereocenters. The van der Waals surface area contributed by atoms with Crippen molar-refractivity contribution in [1.82, 2.24) is 4.72 Å². The smallest absolute Gasteiger partial charge is 0.339 e. The normalized spacial score (nSPS) is 11.4. The van der Waals surface area contributed by atoms with Crippen LogP contribution in [-0.4, -0.2) is 57.5 Å². The van der Waals surface area contributed by atoms with Crippen molar-refractivity contribution in [3.63, 3.8) is 0 Å². The third-order valence-electron chi connectivity index (χ3n) is 2.97. The van der Waals surface area contributed by atoms with Crippen LogP contribution in [0.25, 0.3) is 0 Å².